The molecular weight excluding hydrogens is 265 g/mol. The van der Waals surface area contributed by atoms with E-state index in [1.807, 2.05) is 11.9 Å². The Balaban J connectivity index is 1.89. The van der Waals surface area contributed by atoms with Crippen molar-refractivity contribution in [3.63, 3.8) is 0 Å². The second kappa shape index (κ2) is 4.99. The fraction of sp³-hybridized carbons (Fsp3) is 0.538. The maximum atomic E-state index is 13.2. The van der Waals surface area contributed by atoms with Gasteiger partial charge in [-0.15, -0.1) is 0 Å². The lowest BCUT2D eigenvalue weighted by Crippen LogP contribution is -2.48. The van der Waals surface area contributed by atoms with Crippen molar-refractivity contribution in [2.45, 2.75) is 12.1 Å². The van der Waals surface area contributed by atoms with Crippen LogP contribution < -0.4 is 4.90 Å². The Hall–Kier alpha value is -1.73. The molecule has 2 heterocycles. The van der Waals surface area contributed by atoms with Crippen LogP contribution >= 0.6 is 0 Å². The van der Waals surface area contributed by atoms with Gasteiger partial charge in [0.1, 0.15) is 11.5 Å². The van der Waals surface area contributed by atoms with Gasteiger partial charge in [0.25, 0.3) is 5.69 Å². The maximum absolute atomic E-state index is 13.2. The van der Waals surface area contributed by atoms with E-state index in [2.05, 4.69) is 4.90 Å². The standard InChI is InChI=1S/C13H16FN3O3/c1-15-4-5-20-13-8-16(7-12(13)15)10-3-2-9(14)6-11(10)17(18)19/h2-3,6,12-13H,4-5,7-8H2,1H3. The molecule has 0 aliphatic carbocycles. The van der Waals surface area contributed by atoms with E-state index in [1.165, 1.54) is 12.1 Å². The zero-order valence-corrected chi connectivity index (χ0v) is 11.2. The van der Waals surface area contributed by atoms with Gasteiger partial charge >= 0.3 is 0 Å². The van der Waals surface area contributed by atoms with E-state index in [-0.39, 0.29) is 17.8 Å². The van der Waals surface area contributed by atoms with Gasteiger partial charge < -0.3 is 9.64 Å². The summed E-state index contributed by atoms with van der Waals surface area (Å²) >= 11 is 0. The number of hydrogen-bond donors (Lipinski definition) is 0. The van der Waals surface area contributed by atoms with Crippen molar-refractivity contribution in [2.24, 2.45) is 0 Å². The van der Waals surface area contributed by atoms with Crippen molar-refractivity contribution in [2.75, 3.05) is 38.2 Å². The van der Waals surface area contributed by atoms with Gasteiger partial charge in [-0.2, -0.15) is 0 Å². The second-order valence-electron chi connectivity index (χ2n) is 5.25. The van der Waals surface area contributed by atoms with Crippen LogP contribution in [-0.2, 0) is 4.74 Å². The molecule has 0 aromatic heterocycles. The predicted octanol–water partition coefficient (Wildman–Crippen LogP) is 1.25. The molecule has 0 spiro atoms. The Morgan fingerprint density at radius 1 is 1.45 bits per heavy atom. The van der Waals surface area contributed by atoms with Crippen molar-refractivity contribution in [3.05, 3.63) is 34.1 Å². The smallest absolute Gasteiger partial charge is 0.295 e. The number of hydrogen-bond acceptors (Lipinski definition) is 5. The molecule has 0 amide bonds. The van der Waals surface area contributed by atoms with Crippen molar-refractivity contribution >= 4 is 11.4 Å². The highest BCUT2D eigenvalue weighted by atomic mass is 19.1. The lowest BCUT2D eigenvalue weighted by atomic mass is 10.1. The summed E-state index contributed by atoms with van der Waals surface area (Å²) in [5.41, 5.74) is 0.272. The number of nitro benzene ring substituents is 1. The fourth-order valence-corrected chi connectivity index (χ4v) is 2.96. The third kappa shape index (κ3) is 2.23. The Bertz CT molecular complexity index is 540. The molecule has 2 unspecified atom stereocenters. The van der Waals surface area contributed by atoms with E-state index < -0.39 is 10.7 Å². The molecule has 2 aliphatic rings. The number of morpholine rings is 1. The number of nitro groups is 1. The van der Waals surface area contributed by atoms with Crippen LogP contribution in [0.15, 0.2) is 18.2 Å². The largest absolute Gasteiger partial charge is 0.373 e. The molecule has 0 radical (unpaired) electrons. The van der Waals surface area contributed by atoms with E-state index in [4.69, 9.17) is 4.74 Å². The van der Waals surface area contributed by atoms with Gasteiger partial charge in [-0.05, 0) is 19.2 Å². The number of fused-ring (bicyclic) bond motifs is 1. The van der Waals surface area contributed by atoms with Crippen LogP contribution in [-0.4, -0.2) is 55.3 Å². The topological polar surface area (TPSA) is 58.8 Å². The first-order valence-electron chi connectivity index (χ1n) is 6.57. The third-order valence-electron chi connectivity index (χ3n) is 4.05. The van der Waals surface area contributed by atoms with Crippen LogP contribution in [0.1, 0.15) is 0 Å². The number of likely N-dealkylation sites (N-methyl/N-ethyl adjacent to an activating group) is 1. The molecule has 1 aromatic rings. The zero-order valence-electron chi connectivity index (χ0n) is 11.2. The number of anilines is 1. The van der Waals surface area contributed by atoms with Gasteiger partial charge in [-0.25, -0.2) is 4.39 Å². The van der Waals surface area contributed by atoms with E-state index >= 15 is 0 Å². The molecule has 2 fully saturated rings. The second-order valence-corrected chi connectivity index (χ2v) is 5.25. The molecule has 2 aliphatic heterocycles. The van der Waals surface area contributed by atoms with Crippen LogP contribution in [0.2, 0.25) is 0 Å². The maximum Gasteiger partial charge on any atom is 0.295 e. The third-order valence-corrected chi connectivity index (χ3v) is 4.05. The average Bonchev–Trinajstić information content (AvgIpc) is 2.84. The molecule has 7 heteroatoms. The molecular formula is C13H16FN3O3. The summed E-state index contributed by atoms with van der Waals surface area (Å²) in [5, 5.41) is 11.1. The van der Waals surface area contributed by atoms with Crippen molar-refractivity contribution in [3.8, 4) is 0 Å². The molecule has 0 saturated carbocycles. The summed E-state index contributed by atoms with van der Waals surface area (Å²) in [4.78, 5) is 14.7. The minimum Gasteiger partial charge on any atom is -0.373 e. The van der Waals surface area contributed by atoms with Gasteiger partial charge in [0.2, 0.25) is 0 Å². The summed E-state index contributed by atoms with van der Waals surface area (Å²) in [6, 6.07) is 3.94. The fourth-order valence-electron chi connectivity index (χ4n) is 2.96. The lowest BCUT2D eigenvalue weighted by Gasteiger charge is -2.33. The normalized spacial score (nSPS) is 26.6. The van der Waals surface area contributed by atoms with Crippen LogP contribution in [0.4, 0.5) is 15.8 Å². The van der Waals surface area contributed by atoms with Crippen molar-refractivity contribution in [1.82, 2.24) is 4.90 Å². The Morgan fingerprint density at radius 2 is 2.25 bits per heavy atom. The number of ether oxygens (including phenoxy) is 1. The van der Waals surface area contributed by atoms with Gasteiger partial charge in [0.15, 0.2) is 0 Å². The summed E-state index contributed by atoms with van der Waals surface area (Å²) in [6.45, 7) is 2.80. The summed E-state index contributed by atoms with van der Waals surface area (Å²) in [5.74, 6) is -0.592. The Labute approximate surface area is 115 Å². The first-order valence-corrected chi connectivity index (χ1v) is 6.57. The van der Waals surface area contributed by atoms with E-state index in [0.717, 1.165) is 12.6 Å². The predicted molar refractivity (Wildman–Crippen MR) is 71.4 cm³/mol. The van der Waals surface area contributed by atoms with Crippen molar-refractivity contribution in [1.29, 1.82) is 0 Å². The summed E-state index contributed by atoms with van der Waals surface area (Å²) in [6.07, 6.45) is 0.0541. The van der Waals surface area contributed by atoms with E-state index in [1.54, 1.807) is 0 Å². The minimum absolute atomic E-state index is 0.0541. The molecule has 3 rings (SSSR count). The molecule has 0 N–H and O–H groups in total. The Morgan fingerprint density at radius 3 is 2.95 bits per heavy atom. The van der Waals surface area contributed by atoms with E-state index in [9.17, 15) is 14.5 Å². The van der Waals surface area contributed by atoms with Gasteiger partial charge in [-0.3, -0.25) is 15.0 Å². The highest BCUT2D eigenvalue weighted by molar-refractivity contribution is 5.64. The number of nitrogens with zero attached hydrogens (tertiary/aromatic N) is 3. The number of rotatable bonds is 2. The lowest BCUT2D eigenvalue weighted by molar-refractivity contribution is -0.384. The highest BCUT2D eigenvalue weighted by Crippen LogP contribution is 2.33. The van der Waals surface area contributed by atoms with Crippen LogP contribution in [0, 0.1) is 15.9 Å². The zero-order chi connectivity index (χ0) is 14.3. The average molecular weight is 281 g/mol. The first kappa shape index (κ1) is 13.3. The monoisotopic (exact) mass is 281 g/mol. The summed E-state index contributed by atoms with van der Waals surface area (Å²) < 4.78 is 18.9. The number of benzene rings is 1. The molecule has 2 saturated heterocycles. The summed E-state index contributed by atoms with van der Waals surface area (Å²) in [7, 11) is 2.03. The molecule has 0 bridgehead atoms. The van der Waals surface area contributed by atoms with Gasteiger partial charge in [0.05, 0.1) is 29.7 Å². The first-order chi connectivity index (χ1) is 9.56. The van der Waals surface area contributed by atoms with E-state index in [0.29, 0.717) is 25.4 Å². The molecule has 2 atom stereocenters. The van der Waals surface area contributed by atoms with Crippen LogP contribution in [0.5, 0.6) is 0 Å². The molecule has 20 heavy (non-hydrogen) atoms. The Kier molecular flexibility index (Phi) is 3.31. The SMILES string of the molecule is CN1CCOC2CN(c3ccc(F)cc3[N+](=O)[O-])CC21. The molecule has 1 aromatic carbocycles. The minimum atomic E-state index is -0.592. The number of halogens is 1. The van der Waals surface area contributed by atoms with Crippen LogP contribution in [0.3, 0.4) is 0 Å². The molecule has 108 valence electrons. The quantitative estimate of drug-likeness (QED) is 0.603. The van der Waals surface area contributed by atoms with Crippen LogP contribution in [0.25, 0.3) is 0 Å². The van der Waals surface area contributed by atoms with Gasteiger partial charge in [0, 0.05) is 19.6 Å². The highest BCUT2D eigenvalue weighted by Gasteiger charge is 2.40. The van der Waals surface area contributed by atoms with Crippen molar-refractivity contribution < 1.29 is 14.1 Å². The molecule has 6 nitrogen and oxygen atoms in total. The van der Waals surface area contributed by atoms with Gasteiger partial charge in [-0.1, -0.05) is 0 Å².